The van der Waals surface area contributed by atoms with Crippen molar-refractivity contribution in [3.63, 3.8) is 0 Å². The number of hydrogen-bond acceptors (Lipinski definition) is 4. The molecule has 0 bridgehead atoms. The highest BCUT2D eigenvalue weighted by molar-refractivity contribution is 5.83. The standard InChI is InChI=1S/C16H18N4/c1-11-8-14(18)6-7-20(11)16-13(10-17)9-12-4-2-3-5-15(12)19-16/h2-5,9,11,14H,6-8,18H2,1H3. The Kier molecular flexibility index (Phi) is 3.29. The number of piperidine rings is 1. The summed E-state index contributed by atoms with van der Waals surface area (Å²) >= 11 is 0. The van der Waals surface area contributed by atoms with Gasteiger partial charge >= 0.3 is 0 Å². The first kappa shape index (κ1) is 12.9. The average molecular weight is 266 g/mol. The summed E-state index contributed by atoms with van der Waals surface area (Å²) in [6, 6.07) is 12.7. The van der Waals surface area contributed by atoms with Crippen molar-refractivity contribution >= 4 is 16.7 Å². The predicted molar refractivity (Wildman–Crippen MR) is 80.5 cm³/mol. The fourth-order valence-corrected chi connectivity index (χ4v) is 2.93. The second-order valence-electron chi connectivity index (χ2n) is 5.49. The maximum absolute atomic E-state index is 9.41. The van der Waals surface area contributed by atoms with E-state index in [1.165, 1.54) is 0 Å². The highest BCUT2D eigenvalue weighted by Gasteiger charge is 2.26. The van der Waals surface area contributed by atoms with Crippen LogP contribution in [0.3, 0.4) is 0 Å². The Balaban J connectivity index is 2.08. The first-order valence-electron chi connectivity index (χ1n) is 7.01. The van der Waals surface area contributed by atoms with E-state index >= 15 is 0 Å². The average Bonchev–Trinajstić information content (AvgIpc) is 2.46. The SMILES string of the molecule is CC1CC(N)CCN1c1nc2ccccc2cc1C#N. The summed E-state index contributed by atoms with van der Waals surface area (Å²) in [5, 5.41) is 10.4. The van der Waals surface area contributed by atoms with Crippen LogP contribution in [0.5, 0.6) is 0 Å². The highest BCUT2D eigenvalue weighted by Crippen LogP contribution is 2.28. The topological polar surface area (TPSA) is 65.9 Å². The molecule has 3 rings (SSSR count). The summed E-state index contributed by atoms with van der Waals surface area (Å²) in [7, 11) is 0. The number of nitriles is 1. The minimum atomic E-state index is 0.257. The normalized spacial score (nSPS) is 22.8. The van der Waals surface area contributed by atoms with Crippen LogP contribution < -0.4 is 10.6 Å². The summed E-state index contributed by atoms with van der Waals surface area (Å²) in [4.78, 5) is 6.92. The Bertz CT molecular complexity index is 674. The lowest BCUT2D eigenvalue weighted by molar-refractivity contribution is 0.427. The van der Waals surface area contributed by atoms with Crippen molar-refractivity contribution in [3.05, 3.63) is 35.9 Å². The van der Waals surface area contributed by atoms with Gasteiger partial charge in [-0.2, -0.15) is 5.26 Å². The van der Waals surface area contributed by atoms with Gasteiger partial charge in [-0.25, -0.2) is 4.98 Å². The van der Waals surface area contributed by atoms with Crippen LogP contribution in [-0.2, 0) is 0 Å². The van der Waals surface area contributed by atoms with Crippen LogP contribution in [-0.4, -0.2) is 23.6 Å². The second kappa shape index (κ2) is 5.10. The van der Waals surface area contributed by atoms with Gasteiger partial charge in [-0.05, 0) is 31.9 Å². The Labute approximate surface area is 118 Å². The molecule has 0 amide bonds. The number of aromatic nitrogens is 1. The molecule has 1 aliphatic rings. The van der Waals surface area contributed by atoms with Crippen LogP contribution in [0.1, 0.15) is 25.3 Å². The zero-order chi connectivity index (χ0) is 14.1. The molecule has 4 heteroatoms. The van der Waals surface area contributed by atoms with Crippen LogP contribution in [0.2, 0.25) is 0 Å². The third kappa shape index (κ3) is 2.21. The molecular weight excluding hydrogens is 248 g/mol. The molecule has 0 spiro atoms. The van der Waals surface area contributed by atoms with Gasteiger partial charge in [-0.1, -0.05) is 18.2 Å². The number of benzene rings is 1. The minimum Gasteiger partial charge on any atom is -0.353 e. The third-order valence-corrected chi connectivity index (χ3v) is 4.01. The Hall–Kier alpha value is -2.12. The van der Waals surface area contributed by atoms with E-state index in [1.54, 1.807) is 0 Å². The lowest BCUT2D eigenvalue weighted by Gasteiger charge is -2.37. The van der Waals surface area contributed by atoms with E-state index in [0.29, 0.717) is 11.6 Å². The van der Waals surface area contributed by atoms with E-state index < -0.39 is 0 Å². The largest absolute Gasteiger partial charge is 0.353 e. The molecular formula is C16H18N4. The van der Waals surface area contributed by atoms with E-state index in [-0.39, 0.29) is 6.04 Å². The zero-order valence-corrected chi connectivity index (χ0v) is 11.6. The first-order valence-corrected chi connectivity index (χ1v) is 7.01. The zero-order valence-electron chi connectivity index (χ0n) is 11.6. The third-order valence-electron chi connectivity index (χ3n) is 4.01. The van der Waals surface area contributed by atoms with Crippen molar-refractivity contribution in [1.82, 2.24) is 4.98 Å². The second-order valence-corrected chi connectivity index (χ2v) is 5.49. The van der Waals surface area contributed by atoms with E-state index in [9.17, 15) is 5.26 Å². The van der Waals surface area contributed by atoms with Gasteiger partial charge in [0.15, 0.2) is 0 Å². The van der Waals surface area contributed by atoms with E-state index in [2.05, 4.69) is 17.9 Å². The van der Waals surface area contributed by atoms with E-state index in [1.807, 2.05) is 30.3 Å². The molecule has 1 fully saturated rings. The molecule has 102 valence electrons. The fraction of sp³-hybridized carbons (Fsp3) is 0.375. The summed E-state index contributed by atoms with van der Waals surface area (Å²) < 4.78 is 0. The lowest BCUT2D eigenvalue weighted by atomic mass is 9.98. The van der Waals surface area contributed by atoms with Crippen molar-refractivity contribution in [2.24, 2.45) is 5.73 Å². The molecule has 2 N–H and O–H groups in total. The van der Waals surface area contributed by atoms with Crippen molar-refractivity contribution in [2.75, 3.05) is 11.4 Å². The van der Waals surface area contributed by atoms with Crippen LogP contribution in [0.25, 0.3) is 10.9 Å². The number of rotatable bonds is 1. The number of nitrogens with two attached hydrogens (primary N) is 1. The van der Waals surface area contributed by atoms with Gasteiger partial charge in [0.1, 0.15) is 11.9 Å². The molecule has 2 heterocycles. The molecule has 0 aliphatic carbocycles. The first-order chi connectivity index (χ1) is 9.69. The molecule has 1 aromatic carbocycles. The molecule has 0 radical (unpaired) electrons. The number of hydrogen-bond donors (Lipinski definition) is 1. The molecule has 20 heavy (non-hydrogen) atoms. The molecule has 1 saturated heterocycles. The predicted octanol–water partition coefficient (Wildman–Crippen LogP) is 2.42. The van der Waals surface area contributed by atoms with Gasteiger partial charge in [-0.15, -0.1) is 0 Å². The number of para-hydroxylation sites is 1. The van der Waals surface area contributed by atoms with Gasteiger partial charge in [0, 0.05) is 24.0 Å². The molecule has 2 unspecified atom stereocenters. The Morgan fingerprint density at radius 3 is 2.95 bits per heavy atom. The van der Waals surface area contributed by atoms with Crippen LogP contribution in [0, 0.1) is 11.3 Å². The Morgan fingerprint density at radius 2 is 2.20 bits per heavy atom. The van der Waals surface area contributed by atoms with Crippen LogP contribution in [0.4, 0.5) is 5.82 Å². The maximum Gasteiger partial charge on any atom is 0.147 e. The summed E-state index contributed by atoms with van der Waals surface area (Å²) in [5.41, 5.74) is 7.59. The summed E-state index contributed by atoms with van der Waals surface area (Å²) in [6.07, 6.45) is 1.89. The van der Waals surface area contributed by atoms with Gasteiger partial charge in [-0.3, -0.25) is 0 Å². The van der Waals surface area contributed by atoms with E-state index in [0.717, 1.165) is 36.1 Å². The molecule has 1 aromatic heterocycles. The summed E-state index contributed by atoms with van der Waals surface area (Å²) in [6.45, 7) is 3.01. The smallest absolute Gasteiger partial charge is 0.147 e. The molecule has 4 nitrogen and oxygen atoms in total. The molecule has 2 atom stereocenters. The molecule has 0 saturated carbocycles. The number of pyridine rings is 1. The monoisotopic (exact) mass is 266 g/mol. The fourth-order valence-electron chi connectivity index (χ4n) is 2.93. The van der Waals surface area contributed by atoms with Gasteiger partial charge < -0.3 is 10.6 Å². The van der Waals surface area contributed by atoms with Gasteiger partial charge in [0.25, 0.3) is 0 Å². The van der Waals surface area contributed by atoms with Crippen molar-refractivity contribution in [3.8, 4) is 6.07 Å². The lowest BCUT2D eigenvalue weighted by Crippen LogP contribution is -2.46. The highest BCUT2D eigenvalue weighted by atomic mass is 15.2. The van der Waals surface area contributed by atoms with Gasteiger partial charge in [0.2, 0.25) is 0 Å². The summed E-state index contributed by atoms with van der Waals surface area (Å²) in [5.74, 6) is 0.797. The van der Waals surface area contributed by atoms with Crippen molar-refractivity contribution < 1.29 is 0 Å². The maximum atomic E-state index is 9.41. The van der Waals surface area contributed by atoms with Crippen LogP contribution >= 0.6 is 0 Å². The van der Waals surface area contributed by atoms with E-state index in [4.69, 9.17) is 10.7 Å². The van der Waals surface area contributed by atoms with Crippen molar-refractivity contribution in [2.45, 2.75) is 31.8 Å². The number of anilines is 1. The molecule has 2 aromatic rings. The number of nitrogens with zero attached hydrogens (tertiary/aromatic N) is 3. The minimum absolute atomic E-state index is 0.257. The molecule has 1 aliphatic heterocycles. The van der Waals surface area contributed by atoms with Gasteiger partial charge in [0.05, 0.1) is 11.1 Å². The van der Waals surface area contributed by atoms with Crippen LogP contribution in [0.15, 0.2) is 30.3 Å². The van der Waals surface area contributed by atoms with Crippen molar-refractivity contribution in [1.29, 1.82) is 5.26 Å². The Morgan fingerprint density at radius 1 is 1.40 bits per heavy atom. The number of fused-ring (bicyclic) bond motifs is 1. The quantitative estimate of drug-likeness (QED) is 0.861.